The molecule has 0 fully saturated rings. The van der Waals surface area contributed by atoms with Crippen LogP contribution in [0.1, 0.15) is 30.4 Å². The van der Waals surface area contributed by atoms with E-state index in [9.17, 15) is 13.9 Å². The Morgan fingerprint density at radius 2 is 1.75 bits per heavy atom. The molecule has 3 heteroatoms. The van der Waals surface area contributed by atoms with Gasteiger partial charge in [-0.05, 0) is 41.7 Å². The Morgan fingerprint density at radius 3 is 2.45 bits per heavy atom. The highest BCUT2D eigenvalue weighted by atomic mass is 19.1. The summed E-state index contributed by atoms with van der Waals surface area (Å²) in [6.07, 6.45) is -0.0534. The monoisotopic (exact) mass is 276 g/mol. The van der Waals surface area contributed by atoms with E-state index in [1.54, 1.807) is 0 Å². The Labute approximate surface area is 117 Å². The van der Waals surface area contributed by atoms with Crippen LogP contribution in [0.2, 0.25) is 0 Å². The topological polar surface area (TPSA) is 20.2 Å². The predicted molar refractivity (Wildman–Crippen MR) is 75.5 cm³/mol. The smallest absolute Gasteiger partial charge is 0.126 e. The summed E-state index contributed by atoms with van der Waals surface area (Å²) in [7, 11) is 0. The Bertz CT molecular complexity index is 554. The van der Waals surface area contributed by atoms with Gasteiger partial charge in [0.05, 0.1) is 6.10 Å². The minimum Gasteiger partial charge on any atom is -0.393 e. The van der Waals surface area contributed by atoms with Gasteiger partial charge in [-0.2, -0.15) is 0 Å². The van der Waals surface area contributed by atoms with Crippen LogP contribution in [0.4, 0.5) is 8.78 Å². The molecule has 1 N–H and O–H groups in total. The maximum Gasteiger partial charge on any atom is 0.126 e. The normalized spacial score (nSPS) is 14.0. The van der Waals surface area contributed by atoms with Gasteiger partial charge in [-0.3, -0.25) is 0 Å². The fourth-order valence-electron chi connectivity index (χ4n) is 2.36. The van der Waals surface area contributed by atoms with Crippen LogP contribution >= 0.6 is 0 Å². The summed E-state index contributed by atoms with van der Waals surface area (Å²) in [6, 6.07) is 13.2. The van der Waals surface area contributed by atoms with Gasteiger partial charge < -0.3 is 5.11 Å². The Kier molecular flexibility index (Phi) is 4.85. The van der Waals surface area contributed by atoms with Crippen LogP contribution in [-0.4, -0.2) is 11.2 Å². The summed E-state index contributed by atoms with van der Waals surface area (Å²) in [6.45, 7) is 2.01. The first-order chi connectivity index (χ1) is 9.56. The quantitative estimate of drug-likeness (QED) is 0.873. The second-order valence-corrected chi connectivity index (χ2v) is 5.14. The maximum absolute atomic E-state index is 13.5. The van der Waals surface area contributed by atoms with Crippen molar-refractivity contribution < 1.29 is 13.9 Å². The van der Waals surface area contributed by atoms with Crippen molar-refractivity contribution in [1.82, 2.24) is 0 Å². The zero-order valence-corrected chi connectivity index (χ0v) is 11.4. The zero-order valence-electron chi connectivity index (χ0n) is 11.4. The Hall–Kier alpha value is -1.74. The molecule has 0 aromatic heterocycles. The van der Waals surface area contributed by atoms with Crippen molar-refractivity contribution in [1.29, 1.82) is 0 Å². The largest absolute Gasteiger partial charge is 0.393 e. The minimum atomic E-state index is -0.693. The summed E-state index contributed by atoms with van der Waals surface area (Å²) in [5, 5.41) is 10.1. The molecule has 106 valence electrons. The molecule has 0 aliphatic rings. The molecular formula is C17H18F2O. The van der Waals surface area contributed by atoms with Crippen molar-refractivity contribution in [2.75, 3.05) is 0 Å². The van der Waals surface area contributed by atoms with Gasteiger partial charge in [0.2, 0.25) is 0 Å². The van der Waals surface area contributed by atoms with Crippen molar-refractivity contribution in [2.24, 2.45) is 0 Å². The maximum atomic E-state index is 13.5. The first-order valence-corrected chi connectivity index (χ1v) is 6.73. The molecule has 0 aliphatic heterocycles. The lowest BCUT2D eigenvalue weighted by atomic mass is 9.92. The molecule has 0 heterocycles. The summed E-state index contributed by atoms with van der Waals surface area (Å²) in [5.41, 5.74) is 1.35. The fraction of sp³-hybridized carbons (Fsp3) is 0.294. The molecule has 2 rings (SSSR count). The van der Waals surface area contributed by atoms with E-state index in [0.29, 0.717) is 6.42 Å². The second kappa shape index (κ2) is 6.62. The Balaban J connectivity index is 1.99. The number of benzene rings is 2. The van der Waals surface area contributed by atoms with Gasteiger partial charge in [0.25, 0.3) is 0 Å². The van der Waals surface area contributed by atoms with E-state index in [1.165, 1.54) is 0 Å². The molecule has 20 heavy (non-hydrogen) atoms. The molecule has 2 atom stereocenters. The minimum absolute atomic E-state index is 0.126. The number of hydrogen-bond acceptors (Lipinski definition) is 1. The number of aliphatic hydroxyl groups is 1. The summed E-state index contributed by atoms with van der Waals surface area (Å²) in [4.78, 5) is 0. The van der Waals surface area contributed by atoms with Gasteiger partial charge in [-0.1, -0.05) is 37.3 Å². The zero-order chi connectivity index (χ0) is 14.5. The molecule has 0 bridgehead atoms. The van der Waals surface area contributed by atoms with E-state index >= 15 is 0 Å². The van der Waals surface area contributed by atoms with Crippen LogP contribution in [0.25, 0.3) is 0 Å². The third kappa shape index (κ3) is 3.87. The van der Waals surface area contributed by atoms with Crippen molar-refractivity contribution in [2.45, 2.75) is 31.8 Å². The molecule has 0 radical (unpaired) electrons. The number of halogens is 2. The molecule has 2 aromatic carbocycles. The van der Waals surface area contributed by atoms with Crippen LogP contribution in [0.5, 0.6) is 0 Å². The van der Waals surface area contributed by atoms with Gasteiger partial charge in [0, 0.05) is 6.42 Å². The molecule has 2 unspecified atom stereocenters. The van der Waals surface area contributed by atoms with Crippen molar-refractivity contribution in [3.8, 4) is 0 Å². The van der Waals surface area contributed by atoms with Crippen LogP contribution in [-0.2, 0) is 6.42 Å². The molecule has 1 nitrogen and oxygen atoms in total. The molecule has 0 aliphatic carbocycles. The van der Waals surface area contributed by atoms with Crippen LogP contribution < -0.4 is 0 Å². The standard InChI is InChI=1S/C17H18F2O/c1-12(13-5-3-2-4-6-13)9-16(20)11-14-10-15(18)7-8-17(14)19/h2-8,10,12,16,20H,9,11H2,1H3. The number of aliphatic hydroxyl groups excluding tert-OH is 1. The van der Waals surface area contributed by atoms with Gasteiger partial charge in [-0.15, -0.1) is 0 Å². The molecule has 2 aromatic rings. The molecule has 0 spiro atoms. The van der Waals surface area contributed by atoms with Crippen molar-refractivity contribution >= 4 is 0 Å². The molecular weight excluding hydrogens is 258 g/mol. The molecule has 0 amide bonds. The summed E-state index contributed by atoms with van der Waals surface area (Å²) >= 11 is 0. The lowest BCUT2D eigenvalue weighted by Gasteiger charge is -2.17. The van der Waals surface area contributed by atoms with Gasteiger partial charge in [0.15, 0.2) is 0 Å². The van der Waals surface area contributed by atoms with Gasteiger partial charge in [0.1, 0.15) is 11.6 Å². The van der Waals surface area contributed by atoms with E-state index in [2.05, 4.69) is 0 Å². The first kappa shape index (κ1) is 14.7. The van der Waals surface area contributed by atoms with Crippen molar-refractivity contribution in [3.05, 3.63) is 71.3 Å². The lowest BCUT2D eigenvalue weighted by Crippen LogP contribution is -2.15. The number of hydrogen-bond donors (Lipinski definition) is 1. The lowest BCUT2D eigenvalue weighted by molar-refractivity contribution is 0.156. The van der Waals surface area contributed by atoms with E-state index in [-0.39, 0.29) is 17.9 Å². The van der Waals surface area contributed by atoms with E-state index in [4.69, 9.17) is 0 Å². The highest BCUT2D eigenvalue weighted by molar-refractivity contribution is 5.21. The summed E-state index contributed by atoms with van der Waals surface area (Å²) in [5.74, 6) is -0.787. The Morgan fingerprint density at radius 1 is 1.05 bits per heavy atom. The fourth-order valence-corrected chi connectivity index (χ4v) is 2.36. The van der Waals surface area contributed by atoms with Crippen LogP contribution in [0.15, 0.2) is 48.5 Å². The van der Waals surface area contributed by atoms with Crippen LogP contribution in [0, 0.1) is 11.6 Å². The highest BCUT2D eigenvalue weighted by Gasteiger charge is 2.15. The first-order valence-electron chi connectivity index (χ1n) is 6.73. The SMILES string of the molecule is CC(CC(O)Cc1cc(F)ccc1F)c1ccccc1. The molecule has 0 saturated carbocycles. The average molecular weight is 276 g/mol. The van der Waals surface area contributed by atoms with Gasteiger partial charge in [-0.25, -0.2) is 8.78 Å². The van der Waals surface area contributed by atoms with E-state index in [0.717, 1.165) is 23.8 Å². The third-order valence-electron chi connectivity index (χ3n) is 3.46. The van der Waals surface area contributed by atoms with E-state index in [1.807, 2.05) is 37.3 Å². The third-order valence-corrected chi connectivity index (χ3v) is 3.46. The van der Waals surface area contributed by atoms with Crippen LogP contribution in [0.3, 0.4) is 0 Å². The molecule has 0 saturated heterocycles. The predicted octanol–water partition coefficient (Wildman–Crippen LogP) is 4.06. The highest BCUT2D eigenvalue weighted by Crippen LogP contribution is 2.22. The average Bonchev–Trinajstić information content (AvgIpc) is 2.43. The summed E-state index contributed by atoms with van der Waals surface area (Å²) < 4.78 is 26.6. The number of rotatable bonds is 5. The second-order valence-electron chi connectivity index (χ2n) is 5.14. The van der Waals surface area contributed by atoms with Crippen molar-refractivity contribution in [3.63, 3.8) is 0 Å². The van der Waals surface area contributed by atoms with E-state index < -0.39 is 17.7 Å². The van der Waals surface area contributed by atoms with Gasteiger partial charge >= 0.3 is 0 Å².